The second kappa shape index (κ2) is 20.7. The van der Waals surface area contributed by atoms with Gasteiger partial charge in [0.15, 0.2) is 8.32 Å². The molecule has 0 saturated heterocycles. The third-order valence-corrected chi connectivity index (χ3v) is 14.5. The predicted octanol–water partition coefficient (Wildman–Crippen LogP) is 9.69. The Morgan fingerprint density at radius 3 is 1.81 bits per heavy atom. The smallest absolute Gasteiger partial charge is 0.192 e. The Labute approximate surface area is 319 Å². The Hall–Kier alpha value is -3.60. The van der Waals surface area contributed by atoms with Crippen LogP contribution in [0.5, 0.6) is 11.5 Å². The van der Waals surface area contributed by atoms with Crippen molar-refractivity contribution in [3.05, 3.63) is 108 Å². The van der Waals surface area contributed by atoms with E-state index < -0.39 is 19.8 Å². The maximum atomic E-state index is 13.7. The highest BCUT2D eigenvalue weighted by Crippen LogP contribution is 2.38. The fourth-order valence-electron chi connectivity index (χ4n) is 5.39. The summed E-state index contributed by atoms with van der Waals surface area (Å²) in [6, 6.07) is 25.5. The first-order valence-electron chi connectivity index (χ1n) is 18.5. The second-order valence-corrected chi connectivity index (χ2v) is 20.5. The van der Waals surface area contributed by atoms with Crippen LogP contribution in [0, 0.1) is 5.41 Å². The van der Waals surface area contributed by atoms with E-state index in [1.807, 2.05) is 112 Å². The molecule has 0 aliphatic rings. The molecule has 8 nitrogen and oxygen atoms in total. The van der Waals surface area contributed by atoms with Crippen LogP contribution < -0.4 is 9.47 Å². The summed E-state index contributed by atoms with van der Waals surface area (Å²) in [5.74, 6) is 1.27. The first-order valence-corrected chi connectivity index (χ1v) is 21.4. The summed E-state index contributed by atoms with van der Waals surface area (Å²) >= 11 is 0. The SMILES string of the molecule is COc1ccc(COC/C=C/C(C)(C)C(=O)CC(=O)C[C@@H](C[C@H](OCc2ccc(OC)cc2)[C@H](C)OCc2ccccc2)O[Si](C)(C)C(C)(C)C)cc1. The van der Waals surface area contributed by atoms with Crippen LogP contribution in [0.4, 0.5) is 0 Å². The van der Waals surface area contributed by atoms with E-state index in [9.17, 15) is 9.59 Å². The topological polar surface area (TPSA) is 89.5 Å². The van der Waals surface area contributed by atoms with Gasteiger partial charge in [0.25, 0.3) is 0 Å². The van der Waals surface area contributed by atoms with E-state index in [2.05, 4.69) is 33.9 Å². The van der Waals surface area contributed by atoms with Crippen molar-refractivity contribution < 1.29 is 37.7 Å². The van der Waals surface area contributed by atoms with Crippen LogP contribution in [-0.2, 0) is 48.0 Å². The molecule has 9 heteroatoms. The van der Waals surface area contributed by atoms with Crippen molar-refractivity contribution in [2.45, 2.75) is 117 Å². The van der Waals surface area contributed by atoms with Gasteiger partial charge in [-0.05, 0) is 79.9 Å². The zero-order chi connectivity index (χ0) is 39.1. The minimum atomic E-state index is -2.32. The summed E-state index contributed by atoms with van der Waals surface area (Å²) in [6.07, 6.45) is 2.91. The molecule has 3 atom stereocenters. The number of hydrogen-bond donors (Lipinski definition) is 0. The van der Waals surface area contributed by atoms with Gasteiger partial charge in [-0.1, -0.05) is 87.5 Å². The van der Waals surface area contributed by atoms with E-state index in [1.165, 1.54) is 0 Å². The monoisotopic (exact) mass is 746 g/mol. The lowest BCUT2D eigenvalue weighted by Gasteiger charge is -2.40. The number of carbonyl (C=O) groups excluding carboxylic acids is 2. The van der Waals surface area contributed by atoms with Gasteiger partial charge < -0.3 is 28.1 Å². The highest BCUT2D eigenvalue weighted by atomic mass is 28.4. The van der Waals surface area contributed by atoms with Gasteiger partial charge in [0.2, 0.25) is 0 Å². The number of Topliss-reactive ketones (excluding diaryl/α,β-unsaturated/α-hetero) is 2. The molecule has 53 heavy (non-hydrogen) atoms. The Balaban J connectivity index is 1.71. The number of hydrogen-bond acceptors (Lipinski definition) is 8. The standard InChI is InChI=1S/C44H62O8Si/c1-33(50-31-34-15-12-11-13-16-34)41(51-32-36-19-23-39(48-8)24-20-36)29-40(52-53(9,10)43(2,3)4)27-37(45)28-42(46)44(5,6)25-14-26-49-30-35-17-21-38(47-7)22-18-35/h11-25,33,40-41H,26-32H2,1-10H3/b25-14+/t33-,40-,41-/m0/s1. The van der Waals surface area contributed by atoms with E-state index in [-0.39, 0.29) is 41.7 Å². The molecular formula is C44H62O8Si. The number of benzene rings is 3. The third-order valence-electron chi connectivity index (χ3n) is 9.97. The van der Waals surface area contributed by atoms with Crippen LogP contribution in [0.15, 0.2) is 91.0 Å². The van der Waals surface area contributed by atoms with Crippen molar-refractivity contribution in [3.8, 4) is 11.5 Å². The Kier molecular flexibility index (Phi) is 17.1. The van der Waals surface area contributed by atoms with Crippen molar-refractivity contribution in [2.24, 2.45) is 5.41 Å². The van der Waals surface area contributed by atoms with Crippen molar-refractivity contribution in [1.82, 2.24) is 0 Å². The summed E-state index contributed by atoms with van der Waals surface area (Å²) < 4.78 is 36.2. The predicted molar refractivity (Wildman–Crippen MR) is 214 cm³/mol. The van der Waals surface area contributed by atoms with Crippen LogP contribution >= 0.6 is 0 Å². The van der Waals surface area contributed by atoms with Crippen LogP contribution in [0.1, 0.15) is 77.5 Å². The Morgan fingerprint density at radius 1 is 0.736 bits per heavy atom. The number of rotatable bonds is 23. The largest absolute Gasteiger partial charge is 0.497 e. The normalized spacial score (nSPS) is 14.2. The van der Waals surface area contributed by atoms with Crippen LogP contribution in [0.2, 0.25) is 18.1 Å². The molecule has 3 aromatic carbocycles. The van der Waals surface area contributed by atoms with Crippen LogP contribution in [0.3, 0.4) is 0 Å². The lowest BCUT2D eigenvalue weighted by molar-refractivity contribution is -0.132. The Bertz CT molecular complexity index is 1560. The summed E-state index contributed by atoms with van der Waals surface area (Å²) in [5.41, 5.74) is 2.26. The summed E-state index contributed by atoms with van der Waals surface area (Å²) in [4.78, 5) is 27.2. The van der Waals surface area contributed by atoms with Crippen molar-refractivity contribution in [1.29, 1.82) is 0 Å². The molecule has 0 fully saturated rings. The number of methoxy groups -OCH3 is 2. The minimum Gasteiger partial charge on any atom is -0.497 e. The van der Waals surface area contributed by atoms with E-state index >= 15 is 0 Å². The van der Waals surface area contributed by atoms with E-state index in [0.717, 1.165) is 28.2 Å². The third kappa shape index (κ3) is 15.0. The molecule has 3 rings (SSSR count). The van der Waals surface area contributed by atoms with Crippen molar-refractivity contribution >= 4 is 19.9 Å². The molecule has 0 saturated carbocycles. The van der Waals surface area contributed by atoms with Gasteiger partial charge in [-0.15, -0.1) is 0 Å². The lowest BCUT2D eigenvalue weighted by atomic mass is 9.84. The summed E-state index contributed by atoms with van der Waals surface area (Å²) in [7, 11) is 0.963. The highest BCUT2D eigenvalue weighted by molar-refractivity contribution is 6.74. The van der Waals surface area contributed by atoms with Gasteiger partial charge in [-0.3, -0.25) is 9.59 Å². The van der Waals surface area contributed by atoms with E-state index in [0.29, 0.717) is 32.8 Å². The quantitative estimate of drug-likeness (QED) is 0.0410. The molecule has 0 N–H and O–H groups in total. The molecule has 3 aromatic rings. The number of ether oxygens (including phenoxy) is 5. The average Bonchev–Trinajstić information content (AvgIpc) is 3.12. The fourth-order valence-corrected chi connectivity index (χ4v) is 6.76. The van der Waals surface area contributed by atoms with Gasteiger partial charge in [-0.2, -0.15) is 0 Å². The number of ketones is 2. The fraction of sp³-hybridized carbons (Fsp3) is 0.500. The minimum absolute atomic E-state index is 0.0821. The summed E-state index contributed by atoms with van der Waals surface area (Å²) in [6.45, 7) is 18.2. The van der Waals surface area contributed by atoms with E-state index in [1.54, 1.807) is 14.2 Å². The molecule has 0 unspecified atom stereocenters. The van der Waals surface area contributed by atoms with Gasteiger partial charge >= 0.3 is 0 Å². The molecule has 0 aliphatic carbocycles. The molecule has 0 aromatic heterocycles. The van der Waals surface area contributed by atoms with E-state index in [4.69, 9.17) is 28.1 Å². The lowest BCUT2D eigenvalue weighted by Crippen LogP contribution is -2.46. The van der Waals surface area contributed by atoms with Gasteiger partial charge in [0.05, 0.1) is 65.4 Å². The molecule has 0 bridgehead atoms. The van der Waals surface area contributed by atoms with Gasteiger partial charge in [0, 0.05) is 18.3 Å². The maximum Gasteiger partial charge on any atom is 0.192 e. The molecule has 0 heterocycles. The summed E-state index contributed by atoms with van der Waals surface area (Å²) in [5, 5.41) is -0.0821. The molecule has 0 spiro atoms. The zero-order valence-electron chi connectivity index (χ0n) is 33.6. The molecule has 0 amide bonds. The number of allylic oxidation sites excluding steroid dienone is 1. The molecular weight excluding hydrogens is 685 g/mol. The maximum absolute atomic E-state index is 13.7. The zero-order valence-corrected chi connectivity index (χ0v) is 34.6. The average molecular weight is 747 g/mol. The van der Waals surface area contributed by atoms with Gasteiger partial charge in [-0.25, -0.2) is 0 Å². The van der Waals surface area contributed by atoms with Crippen molar-refractivity contribution in [3.63, 3.8) is 0 Å². The van der Waals surface area contributed by atoms with Crippen LogP contribution in [-0.4, -0.2) is 59.0 Å². The van der Waals surface area contributed by atoms with Crippen LogP contribution in [0.25, 0.3) is 0 Å². The van der Waals surface area contributed by atoms with Gasteiger partial charge in [0.1, 0.15) is 23.1 Å². The first kappa shape index (κ1) is 43.8. The Morgan fingerprint density at radius 2 is 1.26 bits per heavy atom. The van der Waals surface area contributed by atoms with Crippen molar-refractivity contribution in [2.75, 3.05) is 20.8 Å². The first-order chi connectivity index (χ1) is 25.0. The number of carbonyl (C=O) groups is 2. The highest BCUT2D eigenvalue weighted by Gasteiger charge is 2.41. The molecule has 0 radical (unpaired) electrons. The molecule has 0 aliphatic heterocycles. The molecule has 290 valence electrons. The second-order valence-electron chi connectivity index (χ2n) is 15.8.